The smallest absolute Gasteiger partial charge is 0.227 e. The highest BCUT2D eigenvalue weighted by Gasteiger charge is 2.35. The van der Waals surface area contributed by atoms with Crippen LogP contribution in [0.5, 0.6) is 0 Å². The van der Waals surface area contributed by atoms with Gasteiger partial charge in [0.2, 0.25) is 5.95 Å². The first-order valence-corrected chi connectivity index (χ1v) is 11.3. The lowest BCUT2D eigenvalue weighted by atomic mass is 9.92. The standard InChI is InChI=1S/C22H34N8O2/c1-27(17-22(31)5-3-9-30(18-22)20-16-23-7-8-24-20)10-11-28(2)21-25-6-4-19(26-21)29-12-14-32-15-13-29/h4,6-8,16,31H,3,5,9-15,17-18H2,1-2H3. The first-order valence-electron chi connectivity index (χ1n) is 11.3. The van der Waals surface area contributed by atoms with Crippen LogP contribution in [0.25, 0.3) is 0 Å². The summed E-state index contributed by atoms with van der Waals surface area (Å²) in [5.41, 5.74) is -0.768. The summed E-state index contributed by atoms with van der Waals surface area (Å²) in [5, 5.41) is 11.3. The van der Waals surface area contributed by atoms with Gasteiger partial charge in [-0.15, -0.1) is 0 Å². The number of likely N-dealkylation sites (N-methyl/N-ethyl adjacent to an activating group) is 2. The summed E-state index contributed by atoms with van der Waals surface area (Å²) in [6, 6.07) is 1.95. The van der Waals surface area contributed by atoms with E-state index in [1.807, 2.05) is 19.3 Å². The van der Waals surface area contributed by atoms with Crippen LogP contribution in [-0.2, 0) is 4.74 Å². The summed E-state index contributed by atoms with van der Waals surface area (Å²) in [6.07, 6.45) is 8.66. The number of piperidine rings is 1. The van der Waals surface area contributed by atoms with Crippen LogP contribution >= 0.6 is 0 Å². The third kappa shape index (κ3) is 5.81. The highest BCUT2D eigenvalue weighted by atomic mass is 16.5. The molecule has 0 bridgehead atoms. The van der Waals surface area contributed by atoms with Crippen molar-refractivity contribution in [3.8, 4) is 0 Å². The molecule has 4 heterocycles. The van der Waals surface area contributed by atoms with Crippen molar-refractivity contribution in [3.05, 3.63) is 30.9 Å². The zero-order chi connectivity index (χ0) is 22.4. The Kier molecular flexibility index (Phi) is 7.33. The minimum absolute atomic E-state index is 0.566. The number of β-amino-alcohol motifs (C(OH)–C–C–N with tert-alkyl or cyclic N) is 1. The minimum Gasteiger partial charge on any atom is -0.387 e. The van der Waals surface area contributed by atoms with E-state index >= 15 is 0 Å². The number of aromatic nitrogens is 4. The fourth-order valence-electron chi connectivity index (χ4n) is 4.39. The predicted octanol–water partition coefficient (Wildman–Crippen LogP) is 0.503. The molecule has 174 valence electrons. The molecule has 1 N–H and O–H groups in total. The molecule has 2 aromatic heterocycles. The van der Waals surface area contributed by atoms with Crippen molar-refractivity contribution < 1.29 is 9.84 Å². The van der Waals surface area contributed by atoms with Gasteiger partial charge in [0.1, 0.15) is 11.6 Å². The molecule has 0 spiro atoms. The molecular weight excluding hydrogens is 408 g/mol. The molecule has 2 saturated heterocycles. The SMILES string of the molecule is CN(CCN(C)c1nccc(N2CCOCC2)n1)CC1(O)CCCN(c2cnccn2)C1. The Morgan fingerprint density at radius 2 is 1.88 bits per heavy atom. The monoisotopic (exact) mass is 442 g/mol. The van der Waals surface area contributed by atoms with E-state index < -0.39 is 5.60 Å². The van der Waals surface area contributed by atoms with Crippen molar-refractivity contribution in [1.82, 2.24) is 24.8 Å². The summed E-state index contributed by atoms with van der Waals surface area (Å²) in [7, 11) is 4.06. The highest BCUT2D eigenvalue weighted by Crippen LogP contribution is 2.25. The van der Waals surface area contributed by atoms with E-state index in [0.29, 0.717) is 19.0 Å². The number of ether oxygens (including phenoxy) is 1. The van der Waals surface area contributed by atoms with E-state index in [9.17, 15) is 5.11 Å². The zero-order valence-electron chi connectivity index (χ0n) is 19.1. The molecule has 0 radical (unpaired) electrons. The maximum Gasteiger partial charge on any atom is 0.227 e. The van der Waals surface area contributed by atoms with Gasteiger partial charge in [-0.3, -0.25) is 4.98 Å². The predicted molar refractivity (Wildman–Crippen MR) is 124 cm³/mol. The van der Waals surface area contributed by atoms with E-state index in [1.54, 1.807) is 18.6 Å². The lowest BCUT2D eigenvalue weighted by Gasteiger charge is -2.41. The number of anilines is 3. The minimum atomic E-state index is -0.768. The zero-order valence-corrected chi connectivity index (χ0v) is 19.1. The first kappa shape index (κ1) is 22.6. The molecule has 10 nitrogen and oxygen atoms in total. The van der Waals surface area contributed by atoms with Gasteiger partial charge in [-0.2, -0.15) is 4.98 Å². The fraction of sp³-hybridized carbons (Fsp3) is 0.636. The van der Waals surface area contributed by atoms with Crippen LogP contribution in [0.4, 0.5) is 17.6 Å². The summed E-state index contributed by atoms with van der Waals surface area (Å²) in [5.74, 6) is 2.48. The van der Waals surface area contributed by atoms with E-state index in [4.69, 9.17) is 9.72 Å². The molecule has 4 rings (SSSR count). The number of aliphatic hydroxyl groups is 1. The van der Waals surface area contributed by atoms with Crippen LogP contribution in [0.2, 0.25) is 0 Å². The maximum atomic E-state index is 11.3. The van der Waals surface area contributed by atoms with Gasteiger partial charge >= 0.3 is 0 Å². The van der Waals surface area contributed by atoms with Gasteiger partial charge in [-0.25, -0.2) is 9.97 Å². The van der Waals surface area contributed by atoms with Crippen LogP contribution in [0.3, 0.4) is 0 Å². The molecule has 2 aliphatic heterocycles. The molecule has 0 aliphatic carbocycles. The molecule has 0 aromatic carbocycles. The highest BCUT2D eigenvalue weighted by molar-refractivity contribution is 5.43. The maximum absolute atomic E-state index is 11.3. The third-order valence-corrected chi connectivity index (χ3v) is 6.11. The van der Waals surface area contributed by atoms with Gasteiger partial charge in [-0.05, 0) is 26.0 Å². The van der Waals surface area contributed by atoms with E-state index in [1.165, 1.54) is 0 Å². The molecule has 10 heteroatoms. The van der Waals surface area contributed by atoms with Crippen LogP contribution in [0.15, 0.2) is 30.9 Å². The third-order valence-electron chi connectivity index (χ3n) is 6.11. The summed E-state index contributed by atoms with van der Waals surface area (Å²) in [6.45, 7) is 6.81. The molecule has 1 unspecified atom stereocenters. The summed E-state index contributed by atoms with van der Waals surface area (Å²) in [4.78, 5) is 26.4. The molecule has 2 aromatic rings. The van der Waals surface area contributed by atoms with Crippen molar-refractivity contribution in [2.24, 2.45) is 0 Å². The molecule has 0 saturated carbocycles. The molecule has 0 amide bonds. The Balaban J connectivity index is 1.29. The molecule has 2 aliphatic rings. The average molecular weight is 443 g/mol. The Morgan fingerprint density at radius 1 is 1.03 bits per heavy atom. The van der Waals surface area contributed by atoms with E-state index in [0.717, 1.165) is 70.4 Å². The van der Waals surface area contributed by atoms with E-state index in [-0.39, 0.29) is 0 Å². The number of hydrogen-bond donors (Lipinski definition) is 1. The van der Waals surface area contributed by atoms with Crippen LogP contribution < -0.4 is 14.7 Å². The van der Waals surface area contributed by atoms with Crippen molar-refractivity contribution in [2.75, 3.05) is 87.8 Å². The van der Waals surface area contributed by atoms with E-state index in [2.05, 4.69) is 41.6 Å². The molecule has 2 fully saturated rings. The second-order valence-corrected chi connectivity index (χ2v) is 8.79. The average Bonchev–Trinajstić information content (AvgIpc) is 2.83. The van der Waals surface area contributed by atoms with Gasteiger partial charge in [0.15, 0.2) is 0 Å². The quantitative estimate of drug-likeness (QED) is 0.623. The van der Waals surface area contributed by atoms with Gasteiger partial charge in [-0.1, -0.05) is 0 Å². The van der Waals surface area contributed by atoms with Crippen molar-refractivity contribution in [3.63, 3.8) is 0 Å². The fourth-order valence-corrected chi connectivity index (χ4v) is 4.39. The molecule has 32 heavy (non-hydrogen) atoms. The number of nitrogens with zero attached hydrogens (tertiary/aromatic N) is 8. The van der Waals surface area contributed by atoms with Gasteiger partial charge < -0.3 is 29.4 Å². The van der Waals surface area contributed by atoms with Gasteiger partial charge in [0, 0.05) is 71.5 Å². The molecular formula is C22H34N8O2. The summed E-state index contributed by atoms with van der Waals surface area (Å²) >= 11 is 0. The Hall–Kier alpha value is -2.56. The van der Waals surface area contributed by atoms with Crippen LogP contribution in [-0.4, -0.2) is 109 Å². The lowest BCUT2D eigenvalue weighted by Crippen LogP contribution is -2.54. The largest absolute Gasteiger partial charge is 0.387 e. The second kappa shape index (κ2) is 10.4. The Morgan fingerprint density at radius 3 is 2.66 bits per heavy atom. The van der Waals surface area contributed by atoms with Crippen LogP contribution in [0, 0.1) is 0 Å². The van der Waals surface area contributed by atoms with Crippen molar-refractivity contribution in [1.29, 1.82) is 0 Å². The van der Waals surface area contributed by atoms with Gasteiger partial charge in [0.05, 0.1) is 25.0 Å². The number of morpholine rings is 1. The van der Waals surface area contributed by atoms with Crippen molar-refractivity contribution >= 4 is 17.6 Å². The normalized spacial score (nSPS) is 21.8. The number of hydrogen-bond acceptors (Lipinski definition) is 10. The lowest BCUT2D eigenvalue weighted by molar-refractivity contribution is -0.00119. The second-order valence-electron chi connectivity index (χ2n) is 8.79. The summed E-state index contributed by atoms with van der Waals surface area (Å²) < 4.78 is 5.44. The van der Waals surface area contributed by atoms with Crippen LogP contribution in [0.1, 0.15) is 12.8 Å². The Labute approximate surface area is 189 Å². The molecule has 1 atom stereocenters. The number of rotatable bonds is 8. The first-order chi connectivity index (χ1) is 15.5. The van der Waals surface area contributed by atoms with Crippen molar-refractivity contribution in [2.45, 2.75) is 18.4 Å². The Bertz CT molecular complexity index is 851. The topological polar surface area (TPSA) is 94.0 Å². The van der Waals surface area contributed by atoms with Gasteiger partial charge in [0.25, 0.3) is 0 Å².